The van der Waals surface area contributed by atoms with Crippen molar-refractivity contribution in [3.63, 3.8) is 0 Å². The molecular weight excluding hydrogens is 1520 g/mol. The van der Waals surface area contributed by atoms with E-state index in [-0.39, 0.29) is 162 Å². The third-order valence-corrected chi connectivity index (χ3v) is 22.4. The highest BCUT2D eigenvalue weighted by Gasteiger charge is 2.47. The Morgan fingerprint density at radius 1 is 0.358 bits per heavy atom. The van der Waals surface area contributed by atoms with Gasteiger partial charge in [0, 0.05) is 148 Å². The van der Waals surface area contributed by atoms with Crippen LogP contribution in [-0.4, -0.2) is 201 Å². The fourth-order valence-corrected chi connectivity index (χ4v) is 15.6. The molecule has 4 aromatic carbocycles. The lowest BCUT2D eigenvalue weighted by Gasteiger charge is -2.47. The van der Waals surface area contributed by atoms with Gasteiger partial charge in [0.2, 0.25) is 0 Å². The molecule has 0 spiro atoms. The lowest BCUT2D eigenvalue weighted by Crippen LogP contribution is -2.51. The van der Waals surface area contributed by atoms with E-state index >= 15 is 0 Å². The summed E-state index contributed by atoms with van der Waals surface area (Å²) < 4.78 is 359. The van der Waals surface area contributed by atoms with E-state index < -0.39 is 262 Å². The van der Waals surface area contributed by atoms with Gasteiger partial charge in [0.15, 0.2) is 46.0 Å². The molecule has 0 aromatic heterocycles. The molecule has 8 aliphatic rings. The molecule has 120 heavy (non-hydrogen) atoms. The zero-order valence-corrected chi connectivity index (χ0v) is 73.7. The molecule has 24 heteroatoms. The number of hydrogen-bond donors (Lipinski definition) is 4. The van der Waals surface area contributed by atoms with E-state index in [0.717, 1.165) is 24.0 Å². The molecule has 4 saturated heterocycles. The second kappa shape index (κ2) is 43.9. The van der Waals surface area contributed by atoms with Crippen LogP contribution in [0.15, 0.2) is 48.3 Å². The minimum absolute atomic E-state index is 0.0229. The van der Waals surface area contributed by atoms with Gasteiger partial charge in [-0.25, -0.2) is 0 Å². The first-order chi connectivity index (χ1) is 70.1. The van der Waals surface area contributed by atoms with E-state index in [4.69, 9.17) is 121 Å². The molecule has 12 unspecified atom stereocenters. The predicted molar refractivity (Wildman–Crippen MR) is 471 cm³/mol. The Balaban J connectivity index is 0.000000227. The number of fused-ring (bicyclic) bond motifs is 12. The van der Waals surface area contributed by atoms with Gasteiger partial charge in [-0.3, -0.25) is 38.8 Å². The van der Waals surface area contributed by atoms with Gasteiger partial charge in [-0.2, -0.15) is 0 Å². The topological polar surface area (TPSA) is 296 Å². The Labute approximate surface area is 766 Å². The molecule has 8 heterocycles. The van der Waals surface area contributed by atoms with Gasteiger partial charge in [-0.1, -0.05) is 111 Å². The van der Waals surface area contributed by atoms with Gasteiger partial charge in [-0.05, 0) is 191 Å². The fourth-order valence-electron chi connectivity index (χ4n) is 15.6. The van der Waals surface area contributed by atoms with Gasteiger partial charge in [0.25, 0.3) is 0 Å². The highest BCUT2D eigenvalue weighted by Crippen LogP contribution is 2.50. The summed E-state index contributed by atoms with van der Waals surface area (Å²) in [6.45, 7) is 18.1. The SMILES string of the molecule is [2H]c1c(OC)c(OC([2H])([2H])[2H])c([2H])c2c1C1([2H])CC(OC(=O)[C@@H](N)C(C)C)C(CC(C)C)CN1C([2H])([2H])C2([2H])[2H].[2H]c1c(OC)c(OC([2H])([2H])[2H])c([2H])c2c1C1CC([2H])(OC(=O)[C@@H](N)C(C)C)C(CC(C)C)CN1C([2H])([2H])C2([2H])[2H].[2H]c1c(OC)c(OC)c([2H])c2c1C1([2H])CC(OC(=O)[C@@H](N)C(C)C)C(CC(C)C)CN1C([2H])([2H])C2([2H])[2H].[2H]c1c(OC)c(OC)c([2H])c2c1C1CC([2H])(OC(=O)[C@@H](N)C(C)C)C(CC(C)C)CN1C([2H])([2H])C2([2H])[2H]. The maximum Gasteiger partial charge on any atom is 0.323 e. The van der Waals surface area contributed by atoms with Gasteiger partial charge in [0.1, 0.15) is 48.5 Å². The van der Waals surface area contributed by atoms with Gasteiger partial charge >= 0.3 is 23.9 Å². The Morgan fingerprint density at radius 2 is 0.600 bits per heavy atom. The number of nitrogens with two attached hydrogens (primary N) is 4. The third kappa shape index (κ3) is 23.8. The van der Waals surface area contributed by atoms with Crippen LogP contribution in [0.4, 0.5) is 0 Å². The smallest absolute Gasteiger partial charge is 0.323 e. The minimum Gasteiger partial charge on any atom is -0.493 e. The van der Waals surface area contributed by atoms with Gasteiger partial charge < -0.3 is 79.8 Å². The number of rotatable bonds is 28. The van der Waals surface area contributed by atoms with E-state index in [1.165, 1.54) is 38.2 Å². The number of benzene rings is 4. The summed E-state index contributed by atoms with van der Waals surface area (Å²) in [5, 5.41) is 0. The van der Waals surface area contributed by atoms with Crippen LogP contribution in [0.1, 0.15) is 277 Å². The number of esters is 4. The number of hydrogen-bond acceptors (Lipinski definition) is 24. The van der Waals surface area contributed by atoms with Crippen LogP contribution < -0.4 is 60.8 Å². The number of carbonyl (C=O) groups excluding carboxylic acids is 4. The molecule has 4 fully saturated rings. The molecule has 8 aliphatic heterocycles. The van der Waals surface area contributed by atoms with E-state index in [1.807, 2.05) is 55.4 Å². The Bertz CT molecular complexity index is 5750. The zero-order valence-electron chi connectivity index (χ0n) is 108. The summed E-state index contributed by atoms with van der Waals surface area (Å²) in [6.07, 6.45) is -16.2. The molecular formula is C96H152N8O16. The van der Waals surface area contributed by atoms with Crippen molar-refractivity contribution in [2.75, 3.05) is 109 Å². The van der Waals surface area contributed by atoms with Crippen molar-refractivity contribution in [1.29, 1.82) is 0 Å². The highest BCUT2D eigenvalue weighted by atomic mass is 16.6. The Morgan fingerprint density at radius 3 is 0.875 bits per heavy atom. The van der Waals surface area contributed by atoms with Crippen molar-refractivity contribution in [3.8, 4) is 46.0 Å². The van der Waals surface area contributed by atoms with Gasteiger partial charge in [-0.15, -0.1) is 0 Å². The molecule has 0 saturated carbocycles. The van der Waals surface area contributed by atoms with E-state index in [1.54, 1.807) is 55.4 Å². The summed E-state index contributed by atoms with van der Waals surface area (Å²) in [7, 11) is 1.22. The summed E-state index contributed by atoms with van der Waals surface area (Å²) >= 11 is 0. The summed E-state index contributed by atoms with van der Waals surface area (Å²) in [4.78, 5) is 56.3. The van der Waals surface area contributed by atoms with Crippen molar-refractivity contribution in [2.45, 2.75) is 260 Å². The summed E-state index contributed by atoms with van der Waals surface area (Å²) in [5.74, 6) is -8.66. The number of ether oxygens (including phenoxy) is 12. The van der Waals surface area contributed by atoms with Gasteiger partial charge in [0.05, 0.1) is 81.4 Å². The molecule has 4 aromatic rings. The van der Waals surface area contributed by atoms with Crippen molar-refractivity contribution >= 4 is 23.9 Å². The number of nitrogens with zero attached hydrogens (tertiary/aromatic N) is 4. The molecule has 0 radical (unpaired) electrons. The van der Waals surface area contributed by atoms with Crippen LogP contribution in [0.2, 0.25) is 0 Å². The molecule has 24 nitrogen and oxygen atoms in total. The zero-order chi connectivity index (χ0) is 118. The number of carbonyl (C=O) groups is 4. The lowest BCUT2D eigenvalue weighted by atomic mass is 9.79. The Hall–Kier alpha value is -7.16. The molecule has 0 bridgehead atoms. The monoisotopic (exact) mass is 1710 g/mol. The molecule has 672 valence electrons. The molecule has 0 amide bonds. The van der Waals surface area contributed by atoms with Crippen LogP contribution >= 0.6 is 0 Å². The van der Waals surface area contributed by atoms with Crippen molar-refractivity contribution < 1.29 is 123 Å². The average molecular weight is 1710 g/mol. The van der Waals surface area contributed by atoms with Crippen molar-refractivity contribution in [3.05, 3.63) is 92.8 Å². The second-order valence-electron chi connectivity index (χ2n) is 34.6. The normalized spacial score (nSPS) is 35.0. The van der Waals surface area contributed by atoms with E-state index in [9.17, 15) is 24.7 Å². The fraction of sp³-hybridized carbons (Fsp3) is 0.708. The van der Waals surface area contributed by atoms with Crippen molar-refractivity contribution in [2.24, 2.45) is 93.9 Å². The molecule has 16 atom stereocenters. The third-order valence-electron chi connectivity index (χ3n) is 22.4. The van der Waals surface area contributed by atoms with Crippen LogP contribution in [0.3, 0.4) is 0 Å². The first-order valence-corrected chi connectivity index (χ1v) is 41.5. The molecule has 8 N–H and O–H groups in total. The largest absolute Gasteiger partial charge is 0.493 e. The number of methoxy groups -OCH3 is 8. The lowest BCUT2D eigenvalue weighted by molar-refractivity contribution is -0.161. The maximum atomic E-state index is 13.0. The first-order valence-electron chi connectivity index (χ1n) is 58.5. The highest BCUT2D eigenvalue weighted by molar-refractivity contribution is 5.77. The molecule has 0 aliphatic carbocycles. The summed E-state index contributed by atoms with van der Waals surface area (Å²) in [6, 6.07) is -14.5. The second-order valence-corrected chi connectivity index (χ2v) is 34.6. The quantitative estimate of drug-likeness (QED) is 0.0303. The number of piperidine rings is 4. The van der Waals surface area contributed by atoms with Crippen LogP contribution in [0, 0.1) is 71.0 Å². The first kappa shape index (κ1) is 58.9. The van der Waals surface area contributed by atoms with E-state index in [2.05, 4.69) is 0 Å². The maximum absolute atomic E-state index is 13.0. The van der Waals surface area contributed by atoms with Crippen LogP contribution in [-0.2, 0) is 63.6 Å². The Kier molecular flexibility index (Phi) is 21.6. The van der Waals surface area contributed by atoms with E-state index in [0.29, 0.717) is 25.7 Å². The average Bonchev–Trinajstić information content (AvgIpc) is 0.680. The van der Waals surface area contributed by atoms with Crippen LogP contribution in [0.25, 0.3) is 0 Å². The van der Waals surface area contributed by atoms with Crippen LogP contribution in [0.5, 0.6) is 46.0 Å². The standard InChI is InChI=1S/4C24H38N2O4/c4*1-14(2)9-17-13-26-8-7-16-10-21(28-5)22(29-6)11-18(16)19(26)12-20(17)30-24(27)23(25)15(3)4/h4*10-11,14-15,17,19-20,23H,7-9,12-13,25H2,1-6H3/t4*17?,19?,20?,23-/m0000/s1/i5D3,7D2,8D2,10D,11D,20D;5D3,7D2,8D2,10D,11D,19D;7D2,8D2,10D,11D,20D;7D2,8D2,10D,11D,19D. The predicted octanol–water partition coefficient (Wildman–Crippen LogP) is 14.3. The summed E-state index contributed by atoms with van der Waals surface area (Å²) in [5.41, 5.74) is 21.4. The minimum atomic E-state index is -3.09. The van der Waals surface area contributed by atoms with Crippen molar-refractivity contribution in [1.82, 2.24) is 19.6 Å². The molecule has 12 rings (SSSR count).